The van der Waals surface area contributed by atoms with Crippen LogP contribution in [0.15, 0.2) is 24.7 Å². The van der Waals surface area contributed by atoms with Crippen LogP contribution in [-0.4, -0.2) is 58.8 Å². The molecule has 13 heteroatoms. The van der Waals surface area contributed by atoms with Crippen LogP contribution in [0.2, 0.25) is 0 Å². The molecule has 1 fully saturated rings. The molecule has 3 aromatic rings. The van der Waals surface area contributed by atoms with Gasteiger partial charge in [0.1, 0.15) is 6.33 Å². The summed E-state index contributed by atoms with van der Waals surface area (Å²) < 4.78 is 33.4. The zero-order valence-corrected chi connectivity index (χ0v) is 19.7. The van der Waals surface area contributed by atoms with Crippen LogP contribution in [-0.2, 0) is 16.9 Å². The summed E-state index contributed by atoms with van der Waals surface area (Å²) in [5.74, 6) is -1.87. The lowest BCUT2D eigenvalue weighted by molar-refractivity contribution is -0.192. The van der Waals surface area contributed by atoms with E-state index in [2.05, 4.69) is 22.0 Å². The number of carbonyl (C=O) groups is 2. The number of nitrogens with two attached hydrogens (primary N) is 1. The van der Waals surface area contributed by atoms with E-state index in [0.717, 1.165) is 16.8 Å². The van der Waals surface area contributed by atoms with E-state index in [1.807, 2.05) is 17.0 Å². The number of carbonyl (C=O) groups excluding carboxylic acids is 1. The summed E-state index contributed by atoms with van der Waals surface area (Å²) in [6.45, 7) is 6.09. The molecule has 2 aromatic heterocycles. The van der Waals surface area contributed by atoms with Gasteiger partial charge in [0.25, 0.3) is 5.91 Å². The van der Waals surface area contributed by atoms with Crippen LogP contribution >= 0.6 is 0 Å². The number of fused-ring (bicyclic) bond motifs is 2. The first-order valence-electron chi connectivity index (χ1n) is 11.2. The third-order valence-electron chi connectivity index (χ3n) is 6.36. The molecule has 1 amide bonds. The smallest absolute Gasteiger partial charge is 0.475 e. The Bertz CT molecular complexity index is 1340. The highest BCUT2D eigenvalue weighted by Gasteiger charge is 2.41. The van der Waals surface area contributed by atoms with Crippen molar-refractivity contribution in [2.24, 2.45) is 5.92 Å². The van der Waals surface area contributed by atoms with Crippen molar-refractivity contribution in [1.29, 1.82) is 0 Å². The number of halogens is 3. The Hall–Kier alpha value is -3.74. The highest BCUT2D eigenvalue weighted by atomic mass is 19.4. The van der Waals surface area contributed by atoms with Crippen molar-refractivity contribution in [2.45, 2.75) is 58.0 Å². The first-order chi connectivity index (χ1) is 16.7. The maximum Gasteiger partial charge on any atom is 0.490 e. The van der Waals surface area contributed by atoms with E-state index in [9.17, 15) is 23.1 Å². The third-order valence-corrected chi connectivity index (χ3v) is 6.36. The second-order valence-electron chi connectivity index (χ2n) is 9.46. The summed E-state index contributed by atoms with van der Waals surface area (Å²) in [7, 11) is 0. The van der Waals surface area contributed by atoms with Gasteiger partial charge >= 0.3 is 12.1 Å². The average molecular weight is 506 g/mol. The SMILES string of the molecule is C[C@@H](C1CC1)N1Cc2cc(-c3cnc4c(N)ncnn34)cc(C(C)(C)O)c2C1=O.O=C(O)C(F)(F)F. The number of benzene rings is 1. The van der Waals surface area contributed by atoms with Crippen molar-refractivity contribution in [2.75, 3.05) is 5.73 Å². The summed E-state index contributed by atoms with van der Waals surface area (Å²) in [6.07, 6.45) is 0.347. The van der Waals surface area contributed by atoms with Crippen LogP contribution in [0.4, 0.5) is 19.0 Å². The molecule has 1 aromatic carbocycles. The van der Waals surface area contributed by atoms with E-state index in [4.69, 9.17) is 15.6 Å². The number of imidazole rings is 1. The number of rotatable bonds is 4. The van der Waals surface area contributed by atoms with Gasteiger partial charge < -0.3 is 20.8 Å². The first kappa shape index (κ1) is 25.4. The number of aromatic nitrogens is 4. The lowest BCUT2D eigenvalue weighted by Crippen LogP contribution is -2.35. The zero-order valence-electron chi connectivity index (χ0n) is 19.7. The van der Waals surface area contributed by atoms with Crippen LogP contribution in [0.25, 0.3) is 16.9 Å². The molecule has 10 nitrogen and oxygen atoms in total. The number of aliphatic hydroxyl groups is 1. The minimum atomic E-state index is -5.08. The van der Waals surface area contributed by atoms with Gasteiger partial charge in [0.15, 0.2) is 11.5 Å². The van der Waals surface area contributed by atoms with Gasteiger partial charge in [0.05, 0.1) is 23.1 Å². The third kappa shape index (κ3) is 4.70. The maximum atomic E-state index is 13.3. The molecular weight excluding hydrogens is 481 g/mol. The van der Waals surface area contributed by atoms with Crippen molar-refractivity contribution in [1.82, 2.24) is 24.5 Å². The number of carboxylic acid groups (broad SMARTS) is 1. The number of hydrogen-bond acceptors (Lipinski definition) is 7. The van der Waals surface area contributed by atoms with E-state index in [-0.39, 0.29) is 11.9 Å². The molecule has 3 heterocycles. The lowest BCUT2D eigenvalue weighted by Gasteiger charge is -2.25. The standard InChI is InChI=1S/C21H24N6O2.C2HF3O2/c1-11(12-4-5-12)26-9-14-6-13(7-15(21(2,3)29)17(14)20(26)28)16-8-23-19-18(22)24-10-25-27(16)19;3-2(4,5)1(6)7/h6-8,10-12,29H,4-5,9H2,1-3H3,(H2,22,24,25);(H,6,7)/t11-;/m0./s1. The van der Waals surface area contributed by atoms with E-state index in [1.54, 1.807) is 24.6 Å². The van der Waals surface area contributed by atoms with Crippen LogP contribution in [0.5, 0.6) is 0 Å². The highest BCUT2D eigenvalue weighted by Crippen LogP contribution is 2.41. The molecule has 1 aliphatic heterocycles. The molecule has 0 radical (unpaired) electrons. The average Bonchev–Trinajstić information content (AvgIpc) is 3.45. The topological polar surface area (TPSA) is 147 Å². The highest BCUT2D eigenvalue weighted by molar-refractivity contribution is 6.01. The Morgan fingerprint density at radius 1 is 1.22 bits per heavy atom. The molecule has 5 rings (SSSR count). The molecule has 4 N–H and O–H groups in total. The molecular formula is C23H25F3N6O4. The summed E-state index contributed by atoms with van der Waals surface area (Å²) in [4.78, 5) is 32.4. The minimum Gasteiger partial charge on any atom is -0.475 e. The fourth-order valence-electron chi connectivity index (χ4n) is 4.30. The van der Waals surface area contributed by atoms with Gasteiger partial charge in [-0.3, -0.25) is 4.79 Å². The molecule has 0 spiro atoms. The quantitative estimate of drug-likeness (QED) is 0.489. The Morgan fingerprint density at radius 3 is 2.42 bits per heavy atom. The van der Waals surface area contributed by atoms with Gasteiger partial charge in [0, 0.05) is 18.2 Å². The van der Waals surface area contributed by atoms with Gasteiger partial charge in [-0.05, 0) is 62.8 Å². The van der Waals surface area contributed by atoms with Gasteiger partial charge in [-0.1, -0.05) is 0 Å². The van der Waals surface area contributed by atoms with Gasteiger partial charge in [0.2, 0.25) is 0 Å². The molecule has 2 aliphatic rings. The van der Waals surface area contributed by atoms with E-state index < -0.39 is 17.7 Å². The fourth-order valence-corrected chi connectivity index (χ4v) is 4.30. The van der Waals surface area contributed by atoms with Crippen LogP contribution in [0.3, 0.4) is 0 Å². The van der Waals surface area contributed by atoms with Crippen molar-refractivity contribution in [3.8, 4) is 11.3 Å². The number of carboxylic acids is 1. The monoisotopic (exact) mass is 506 g/mol. The fraction of sp³-hybridized carbons (Fsp3) is 0.435. The largest absolute Gasteiger partial charge is 0.490 e. The van der Waals surface area contributed by atoms with Crippen molar-refractivity contribution >= 4 is 23.3 Å². The molecule has 192 valence electrons. The molecule has 1 atom stereocenters. The zero-order chi connectivity index (χ0) is 26.6. The number of nitrogens with zero attached hydrogens (tertiary/aromatic N) is 5. The molecule has 0 bridgehead atoms. The second-order valence-corrected chi connectivity index (χ2v) is 9.46. The van der Waals surface area contributed by atoms with Gasteiger partial charge in [-0.25, -0.2) is 19.3 Å². The summed E-state index contributed by atoms with van der Waals surface area (Å²) >= 11 is 0. The Labute approximate surface area is 203 Å². The Morgan fingerprint density at radius 2 is 1.86 bits per heavy atom. The minimum absolute atomic E-state index is 0.00721. The molecule has 0 saturated heterocycles. The maximum absolute atomic E-state index is 13.3. The van der Waals surface area contributed by atoms with E-state index >= 15 is 0 Å². The van der Waals surface area contributed by atoms with Gasteiger partial charge in [-0.2, -0.15) is 18.3 Å². The van der Waals surface area contributed by atoms with Crippen molar-refractivity contribution in [3.63, 3.8) is 0 Å². The molecule has 36 heavy (non-hydrogen) atoms. The van der Waals surface area contributed by atoms with E-state index in [0.29, 0.717) is 35.1 Å². The van der Waals surface area contributed by atoms with Crippen LogP contribution in [0.1, 0.15) is 55.1 Å². The summed E-state index contributed by atoms with van der Waals surface area (Å²) in [6, 6.07) is 4.07. The lowest BCUT2D eigenvalue weighted by atomic mass is 9.88. The summed E-state index contributed by atoms with van der Waals surface area (Å²) in [5.41, 5.74) is 8.97. The number of nitrogen functional groups attached to an aromatic ring is 1. The van der Waals surface area contributed by atoms with Crippen molar-refractivity contribution < 1.29 is 33.0 Å². The number of amides is 1. The molecule has 1 saturated carbocycles. The predicted octanol–water partition coefficient (Wildman–Crippen LogP) is 2.99. The normalized spacial score (nSPS) is 16.5. The van der Waals surface area contributed by atoms with Crippen molar-refractivity contribution in [3.05, 3.63) is 41.3 Å². The first-order valence-corrected chi connectivity index (χ1v) is 11.2. The van der Waals surface area contributed by atoms with E-state index in [1.165, 1.54) is 19.2 Å². The van der Waals surface area contributed by atoms with Gasteiger partial charge in [-0.15, -0.1) is 0 Å². The predicted molar refractivity (Wildman–Crippen MR) is 122 cm³/mol. The number of hydrogen-bond donors (Lipinski definition) is 3. The van der Waals surface area contributed by atoms with Crippen LogP contribution < -0.4 is 5.73 Å². The molecule has 0 unspecified atom stereocenters. The number of anilines is 1. The van der Waals surface area contributed by atoms with Crippen LogP contribution in [0, 0.1) is 5.92 Å². The summed E-state index contributed by atoms with van der Waals surface area (Å²) in [5, 5.41) is 22.3. The number of alkyl halides is 3. The molecule has 1 aliphatic carbocycles. The Balaban J connectivity index is 0.000000384. The second kappa shape index (κ2) is 8.73. The Kier molecular flexibility index (Phi) is 6.15. The number of aliphatic carboxylic acids is 1.